The Morgan fingerprint density at radius 1 is 1.38 bits per heavy atom. The summed E-state index contributed by atoms with van der Waals surface area (Å²) in [5, 5.41) is 8.93. The molecule has 0 unspecified atom stereocenters. The Morgan fingerprint density at radius 3 is 2.86 bits per heavy atom. The highest BCUT2D eigenvalue weighted by Gasteiger charge is 2.37. The number of anilines is 1. The molecule has 1 fully saturated rings. The van der Waals surface area contributed by atoms with E-state index in [2.05, 4.69) is 20.2 Å². The van der Waals surface area contributed by atoms with Crippen LogP contribution in [0, 0.1) is 6.92 Å². The van der Waals surface area contributed by atoms with E-state index in [4.69, 9.17) is 16.3 Å². The Kier molecular flexibility index (Phi) is 3.82. The Bertz CT molecular complexity index is 644. The van der Waals surface area contributed by atoms with Gasteiger partial charge < -0.3 is 9.64 Å². The lowest BCUT2D eigenvalue weighted by molar-refractivity contribution is 0.105. The molecule has 0 bridgehead atoms. The van der Waals surface area contributed by atoms with Crippen LogP contribution in [0.3, 0.4) is 0 Å². The van der Waals surface area contributed by atoms with Crippen LogP contribution in [0.1, 0.15) is 17.2 Å². The van der Waals surface area contributed by atoms with Crippen molar-refractivity contribution in [3.63, 3.8) is 0 Å². The molecule has 3 rings (SSSR count). The summed E-state index contributed by atoms with van der Waals surface area (Å²) in [4.78, 5) is 6.58. The molecule has 0 saturated carbocycles. The molecular formula is C14H18ClN5O. The van der Waals surface area contributed by atoms with E-state index < -0.39 is 0 Å². The zero-order valence-corrected chi connectivity index (χ0v) is 13.1. The maximum atomic E-state index is 6.38. The summed E-state index contributed by atoms with van der Waals surface area (Å²) in [5.74, 6) is 0.979. The smallest absolute Gasteiger partial charge is 0.147 e. The number of hydrogen-bond acceptors (Lipinski definition) is 5. The second-order valence-electron chi connectivity index (χ2n) is 5.37. The van der Waals surface area contributed by atoms with E-state index in [1.54, 1.807) is 18.0 Å². The van der Waals surface area contributed by atoms with Crippen molar-refractivity contribution in [2.45, 2.75) is 18.9 Å². The number of halogens is 1. The quantitative estimate of drug-likeness (QED) is 0.865. The van der Waals surface area contributed by atoms with E-state index >= 15 is 0 Å². The van der Waals surface area contributed by atoms with Crippen LogP contribution in [-0.2, 0) is 11.8 Å². The third-order valence-electron chi connectivity index (χ3n) is 3.93. The van der Waals surface area contributed by atoms with Crippen LogP contribution in [0.4, 0.5) is 5.82 Å². The minimum atomic E-state index is 0.0556. The molecule has 7 heteroatoms. The van der Waals surface area contributed by atoms with Gasteiger partial charge in [0, 0.05) is 39.6 Å². The highest BCUT2D eigenvalue weighted by atomic mass is 35.5. The summed E-state index contributed by atoms with van der Waals surface area (Å²) in [6.07, 6.45) is 3.78. The minimum Gasteiger partial charge on any atom is -0.379 e. The molecule has 1 aliphatic heterocycles. The normalized spacial score (nSPS) is 22.0. The predicted molar refractivity (Wildman–Crippen MR) is 80.7 cm³/mol. The average molecular weight is 308 g/mol. The summed E-state index contributed by atoms with van der Waals surface area (Å²) in [6.45, 7) is 3.50. The molecule has 6 nitrogen and oxygen atoms in total. The van der Waals surface area contributed by atoms with E-state index in [-0.39, 0.29) is 12.0 Å². The molecule has 1 aliphatic rings. The molecule has 2 atom stereocenters. The van der Waals surface area contributed by atoms with Crippen molar-refractivity contribution in [2.75, 3.05) is 25.1 Å². The summed E-state index contributed by atoms with van der Waals surface area (Å²) < 4.78 is 7.33. The van der Waals surface area contributed by atoms with E-state index in [0.29, 0.717) is 5.02 Å². The Hall–Kier alpha value is -1.66. The fraction of sp³-hybridized carbons (Fsp3) is 0.500. The van der Waals surface area contributed by atoms with Gasteiger partial charge in [-0.1, -0.05) is 16.8 Å². The van der Waals surface area contributed by atoms with Crippen LogP contribution in [-0.4, -0.2) is 46.3 Å². The van der Waals surface area contributed by atoms with Crippen LogP contribution < -0.4 is 4.90 Å². The van der Waals surface area contributed by atoms with E-state index in [1.165, 1.54) is 0 Å². The number of nitrogens with zero attached hydrogens (tertiary/aromatic N) is 5. The first-order chi connectivity index (χ1) is 10.1. The van der Waals surface area contributed by atoms with E-state index in [0.717, 1.165) is 30.2 Å². The van der Waals surface area contributed by atoms with Crippen molar-refractivity contribution in [1.82, 2.24) is 20.0 Å². The summed E-state index contributed by atoms with van der Waals surface area (Å²) in [6, 6.07) is 1.91. The Morgan fingerprint density at radius 2 is 2.19 bits per heavy atom. The van der Waals surface area contributed by atoms with Gasteiger partial charge >= 0.3 is 0 Å². The van der Waals surface area contributed by atoms with Gasteiger partial charge in [-0.25, -0.2) is 4.98 Å². The SMILES string of the molecule is CO[C@@H]1CN(c2nccc(C)c2Cl)C[C@H]1c1cn(C)nn1. The number of rotatable bonds is 3. The molecule has 0 N–H and O–H groups in total. The topological polar surface area (TPSA) is 56.1 Å². The number of aromatic nitrogens is 4. The molecule has 0 aliphatic carbocycles. The van der Waals surface area contributed by atoms with Gasteiger partial charge in [0.05, 0.1) is 22.7 Å². The lowest BCUT2D eigenvalue weighted by Gasteiger charge is -2.19. The molecule has 0 aromatic carbocycles. The molecule has 0 radical (unpaired) electrons. The molecule has 0 amide bonds. The van der Waals surface area contributed by atoms with Crippen LogP contribution in [0.15, 0.2) is 18.5 Å². The lowest BCUT2D eigenvalue weighted by Crippen LogP contribution is -2.23. The number of methoxy groups -OCH3 is 1. The summed E-state index contributed by atoms with van der Waals surface area (Å²) in [7, 11) is 3.59. The van der Waals surface area contributed by atoms with Crippen LogP contribution in [0.5, 0.6) is 0 Å². The minimum absolute atomic E-state index is 0.0556. The molecule has 2 aromatic heterocycles. The van der Waals surface area contributed by atoms with Crippen molar-refractivity contribution >= 4 is 17.4 Å². The first-order valence-electron chi connectivity index (χ1n) is 6.85. The van der Waals surface area contributed by atoms with Crippen molar-refractivity contribution in [2.24, 2.45) is 7.05 Å². The van der Waals surface area contributed by atoms with Gasteiger partial charge in [-0.3, -0.25) is 4.68 Å². The molecular weight excluding hydrogens is 290 g/mol. The zero-order chi connectivity index (χ0) is 15.0. The number of ether oxygens (including phenoxy) is 1. The van der Waals surface area contributed by atoms with E-state index in [1.807, 2.05) is 26.2 Å². The molecule has 112 valence electrons. The molecule has 21 heavy (non-hydrogen) atoms. The van der Waals surface area contributed by atoms with Gasteiger partial charge in [0.2, 0.25) is 0 Å². The zero-order valence-electron chi connectivity index (χ0n) is 12.3. The van der Waals surface area contributed by atoms with Gasteiger partial charge in [-0.05, 0) is 18.6 Å². The summed E-state index contributed by atoms with van der Waals surface area (Å²) >= 11 is 6.38. The van der Waals surface area contributed by atoms with Gasteiger partial charge in [-0.2, -0.15) is 0 Å². The lowest BCUT2D eigenvalue weighted by atomic mass is 10.0. The van der Waals surface area contributed by atoms with Crippen LogP contribution in [0.2, 0.25) is 5.02 Å². The second kappa shape index (κ2) is 5.61. The van der Waals surface area contributed by atoms with Gasteiger partial charge in [-0.15, -0.1) is 5.10 Å². The third-order valence-corrected chi connectivity index (χ3v) is 4.40. The molecule has 0 spiro atoms. The first kappa shape index (κ1) is 14.3. The number of pyridine rings is 1. The van der Waals surface area contributed by atoms with Crippen molar-refractivity contribution in [3.8, 4) is 0 Å². The fourth-order valence-corrected chi connectivity index (χ4v) is 2.98. The van der Waals surface area contributed by atoms with Gasteiger partial charge in [0.25, 0.3) is 0 Å². The highest BCUT2D eigenvalue weighted by molar-refractivity contribution is 6.33. The predicted octanol–water partition coefficient (Wildman–Crippen LogP) is 1.79. The fourth-order valence-electron chi connectivity index (χ4n) is 2.75. The maximum absolute atomic E-state index is 6.38. The standard InChI is InChI=1S/C14H18ClN5O/c1-9-4-5-16-14(13(9)15)20-6-10(12(8-20)21-3)11-7-19(2)18-17-11/h4-5,7,10,12H,6,8H2,1-3H3/t10-,12+/m0/s1. The second-order valence-corrected chi connectivity index (χ2v) is 5.75. The van der Waals surface area contributed by atoms with Crippen LogP contribution in [0.25, 0.3) is 0 Å². The maximum Gasteiger partial charge on any atom is 0.147 e. The van der Waals surface area contributed by atoms with Gasteiger partial charge in [0.15, 0.2) is 0 Å². The highest BCUT2D eigenvalue weighted by Crippen LogP contribution is 2.34. The van der Waals surface area contributed by atoms with Crippen LogP contribution >= 0.6 is 11.6 Å². The molecule has 2 aromatic rings. The molecule has 3 heterocycles. The van der Waals surface area contributed by atoms with Gasteiger partial charge in [0.1, 0.15) is 5.82 Å². The van der Waals surface area contributed by atoms with Crippen molar-refractivity contribution in [1.29, 1.82) is 0 Å². The average Bonchev–Trinajstić information content (AvgIpc) is 3.07. The summed E-state index contributed by atoms with van der Waals surface area (Å²) in [5.41, 5.74) is 1.97. The largest absolute Gasteiger partial charge is 0.379 e. The Labute approximate surface area is 128 Å². The molecule has 1 saturated heterocycles. The van der Waals surface area contributed by atoms with E-state index in [9.17, 15) is 0 Å². The first-order valence-corrected chi connectivity index (χ1v) is 7.23. The number of hydrogen-bond donors (Lipinski definition) is 0. The Balaban J connectivity index is 1.89. The monoisotopic (exact) mass is 307 g/mol. The van der Waals surface area contributed by atoms with Crippen molar-refractivity contribution < 1.29 is 4.74 Å². The third kappa shape index (κ3) is 2.61. The number of aryl methyl sites for hydroxylation is 2. The van der Waals surface area contributed by atoms with Crippen molar-refractivity contribution in [3.05, 3.63) is 34.7 Å².